The van der Waals surface area contributed by atoms with Crippen molar-refractivity contribution in [1.82, 2.24) is 9.80 Å². The number of hydrogen-bond acceptors (Lipinski definition) is 3. The summed E-state index contributed by atoms with van der Waals surface area (Å²) in [6.45, 7) is 8.30. The molecule has 4 heteroatoms. The number of likely N-dealkylation sites (tertiary alicyclic amines) is 1. The first-order valence-corrected chi connectivity index (χ1v) is 9.32. The van der Waals surface area contributed by atoms with E-state index in [1.54, 1.807) is 0 Å². The first-order valence-electron chi connectivity index (χ1n) is 9.32. The third-order valence-electron chi connectivity index (χ3n) is 5.47. The van der Waals surface area contributed by atoms with Crippen LogP contribution in [0.2, 0.25) is 0 Å². The second-order valence-corrected chi connectivity index (χ2v) is 7.31. The SMILES string of the molecule is CC1CN(C(=O)C(C)N2CCC(Cc3ccccc3)CC2)CCO1. The van der Waals surface area contributed by atoms with Gasteiger partial charge in [0.25, 0.3) is 0 Å². The average molecular weight is 330 g/mol. The van der Waals surface area contributed by atoms with Gasteiger partial charge < -0.3 is 9.64 Å². The van der Waals surface area contributed by atoms with Gasteiger partial charge in [-0.2, -0.15) is 0 Å². The van der Waals surface area contributed by atoms with Crippen molar-refractivity contribution in [1.29, 1.82) is 0 Å². The van der Waals surface area contributed by atoms with E-state index in [1.165, 1.54) is 18.4 Å². The Balaban J connectivity index is 1.48. The number of rotatable bonds is 4. The molecule has 1 amide bonds. The Morgan fingerprint density at radius 1 is 1.21 bits per heavy atom. The number of piperidine rings is 1. The topological polar surface area (TPSA) is 32.8 Å². The van der Waals surface area contributed by atoms with Crippen molar-refractivity contribution >= 4 is 5.91 Å². The average Bonchev–Trinajstić information content (AvgIpc) is 2.62. The van der Waals surface area contributed by atoms with Crippen molar-refractivity contribution in [2.24, 2.45) is 5.92 Å². The molecule has 2 aliphatic heterocycles. The summed E-state index contributed by atoms with van der Waals surface area (Å²) < 4.78 is 5.55. The molecule has 0 N–H and O–H groups in total. The Morgan fingerprint density at radius 3 is 2.58 bits per heavy atom. The molecule has 2 saturated heterocycles. The number of amides is 1. The van der Waals surface area contributed by atoms with E-state index in [0.717, 1.165) is 38.5 Å². The van der Waals surface area contributed by atoms with E-state index >= 15 is 0 Å². The molecule has 2 atom stereocenters. The number of carbonyl (C=O) groups is 1. The molecule has 0 radical (unpaired) electrons. The van der Waals surface area contributed by atoms with Crippen LogP contribution in [-0.2, 0) is 16.0 Å². The summed E-state index contributed by atoms with van der Waals surface area (Å²) >= 11 is 0. The number of carbonyl (C=O) groups excluding carboxylic acids is 1. The third kappa shape index (κ3) is 4.37. The molecule has 0 bridgehead atoms. The van der Waals surface area contributed by atoms with E-state index in [9.17, 15) is 4.79 Å². The normalized spacial score (nSPS) is 24.8. The molecular formula is C20H30N2O2. The predicted octanol–water partition coefficient (Wildman–Crippen LogP) is 2.58. The lowest BCUT2D eigenvalue weighted by molar-refractivity contribution is -0.143. The number of hydrogen-bond donors (Lipinski definition) is 0. The highest BCUT2D eigenvalue weighted by Gasteiger charge is 2.31. The van der Waals surface area contributed by atoms with E-state index in [-0.39, 0.29) is 18.1 Å². The number of nitrogens with zero attached hydrogens (tertiary/aromatic N) is 2. The largest absolute Gasteiger partial charge is 0.375 e. The lowest BCUT2D eigenvalue weighted by Crippen LogP contribution is -2.53. The fourth-order valence-corrected chi connectivity index (χ4v) is 3.93. The van der Waals surface area contributed by atoms with Gasteiger partial charge >= 0.3 is 0 Å². The summed E-state index contributed by atoms with van der Waals surface area (Å²) in [5.74, 6) is 1.01. The van der Waals surface area contributed by atoms with Crippen molar-refractivity contribution < 1.29 is 9.53 Å². The molecule has 0 spiro atoms. The van der Waals surface area contributed by atoms with Crippen molar-refractivity contribution in [3.63, 3.8) is 0 Å². The van der Waals surface area contributed by atoms with E-state index in [0.29, 0.717) is 6.61 Å². The molecule has 4 nitrogen and oxygen atoms in total. The highest BCUT2D eigenvalue weighted by molar-refractivity contribution is 5.81. The Hall–Kier alpha value is -1.39. The zero-order valence-corrected chi connectivity index (χ0v) is 15.0. The van der Waals surface area contributed by atoms with E-state index < -0.39 is 0 Å². The zero-order valence-electron chi connectivity index (χ0n) is 15.0. The van der Waals surface area contributed by atoms with Gasteiger partial charge in [-0.25, -0.2) is 0 Å². The lowest BCUT2D eigenvalue weighted by atomic mass is 9.89. The van der Waals surface area contributed by atoms with Crippen LogP contribution in [0.5, 0.6) is 0 Å². The standard InChI is InChI=1S/C20H30N2O2/c1-16-15-22(12-13-24-16)20(23)17(2)21-10-8-19(9-11-21)14-18-6-4-3-5-7-18/h3-7,16-17,19H,8-15H2,1-2H3. The summed E-state index contributed by atoms with van der Waals surface area (Å²) in [6.07, 6.45) is 3.70. The van der Waals surface area contributed by atoms with Crippen LogP contribution in [0, 0.1) is 5.92 Å². The monoisotopic (exact) mass is 330 g/mol. The van der Waals surface area contributed by atoms with Gasteiger partial charge in [0, 0.05) is 13.1 Å². The molecule has 2 fully saturated rings. The van der Waals surface area contributed by atoms with Crippen LogP contribution in [-0.4, -0.2) is 60.6 Å². The molecule has 1 aromatic rings. The van der Waals surface area contributed by atoms with E-state index in [1.807, 2.05) is 11.8 Å². The molecular weight excluding hydrogens is 300 g/mol. The Labute approximate surface area is 145 Å². The Morgan fingerprint density at radius 2 is 1.92 bits per heavy atom. The van der Waals surface area contributed by atoms with Crippen LogP contribution in [0.25, 0.3) is 0 Å². The van der Waals surface area contributed by atoms with Gasteiger partial charge in [-0.05, 0) is 57.7 Å². The lowest BCUT2D eigenvalue weighted by Gasteiger charge is -2.39. The van der Waals surface area contributed by atoms with Crippen molar-refractivity contribution in [3.05, 3.63) is 35.9 Å². The molecule has 0 saturated carbocycles. The van der Waals surface area contributed by atoms with Crippen LogP contribution in [0.3, 0.4) is 0 Å². The first-order chi connectivity index (χ1) is 11.6. The first kappa shape index (κ1) is 17.4. The quantitative estimate of drug-likeness (QED) is 0.851. The van der Waals surface area contributed by atoms with Gasteiger partial charge in [0.2, 0.25) is 5.91 Å². The highest BCUT2D eigenvalue weighted by Crippen LogP contribution is 2.23. The minimum atomic E-state index is -0.00650. The molecule has 2 aliphatic rings. The van der Waals surface area contributed by atoms with Crippen LogP contribution >= 0.6 is 0 Å². The second-order valence-electron chi connectivity index (χ2n) is 7.31. The minimum absolute atomic E-state index is 0.00650. The summed E-state index contributed by atoms with van der Waals surface area (Å²) in [7, 11) is 0. The summed E-state index contributed by atoms with van der Waals surface area (Å²) in [5.41, 5.74) is 1.43. The third-order valence-corrected chi connectivity index (χ3v) is 5.47. The molecule has 2 unspecified atom stereocenters. The number of benzene rings is 1. The number of ether oxygens (including phenoxy) is 1. The second kappa shape index (κ2) is 8.13. The molecule has 132 valence electrons. The Bertz CT molecular complexity index is 526. The van der Waals surface area contributed by atoms with Crippen molar-refractivity contribution in [2.75, 3.05) is 32.8 Å². The molecule has 2 heterocycles. The van der Waals surface area contributed by atoms with Gasteiger partial charge in [0.05, 0.1) is 18.8 Å². The molecule has 1 aromatic carbocycles. The van der Waals surface area contributed by atoms with Gasteiger partial charge in [0.1, 0.15) is 0 Å². The fraction of sp³-hybridized carbons (Fsp3) is 0.650. The minimum Gasteiger partial charge on any atom is -0.375 e. The van der Waals surface area contributed by atoms with Gasteiger partial charge in [-0.3, -0.25) is 9.69 Å². The van der Waals surface area contributed by atoms with Crippen LogP contribution in [0.15, 0.2) is 30.3 Å². The smallest absolute Gasteiger partial charge is 0.239 e. The zero-order chi connectivity index (χ0) is 16.9. The molecule has 0 aromatic heterocycles. The van der Waals surface area contributed by atoms with Crippen molar-refractivity contribution in [3.8, 4) is 0 Å². The van der Waals surface area contributed by atoms with E-state index in [2.05, 4.69) is 42.2 Å². The highest BCUT2D eigenvalue weighted by atomic mass is 16.5. The maximum Gasteiger partial charge on any atom is 0.239 e. The molecule has 3 rings (SSSR count). The van der Waals surface area contributed by atoms with Crippen LogP contribution < -0.4 is 0 Å². The van der Waals surface area contributed by atoms with Crippen LogP contribution in [0.1, 0.15) is 32.3 Å². The molecule has 0 aliphatic carbocycles. The summed E-state index contributed by atoms with van der Waals surface area (Å²) in [5, 5.41) is 0. The van der Waals surface area contributed by atoms with E-state index in [4.69, 9.17) is 4.74 Å². The van der Waals surface area contributed by atoms with Crippen molar-refractivity contribution in [2.45, 2.75) is 45.3 Å². The van der Waals surface area contributed by atoms with Gasteiger partial charge in [-0.1, -0.05) is 30.3 Å². The van der Waals surface area contributed by atoms with Gasteiger partial charge in [-0.15, -0.1) is 0 Å². The molecule has 24 heavy (non-hydrogen) atoms. The number of morpholine rings is 1. The van der Waals surface area contributed by atoms with Crippen LogP contribution in [0.4, 0.5) is 0 Å². The maximum absolute atomic E-state index is 12.7. The maximum atomic E-state index is 12.7. The summed E-state index contributed by atoms with van der Waals surface area (Å²) in [6, 6.07) is 10.7. The summed E-state index contributed by atoms with van der Waals surface area (Å²) in [4.78, 5) is 17.1. The fourth-order valence-electron chi connectivity index (χ4n) is 3.93. The predicted molar refractivity (Wildman–Crippen MR) is 95.9 cm³/mol. The Kier molecular flexibility index (Phi) is 5.90. The van der Waals surface area contributed by atoms with Gasteiger partial charge in [0.15, 0.2) is 0 Å².